The molecule has 5 heteroatoms. The third kappa shape index (κ3) is 4.67. The summed E-state index contributed by atoms with van der Waals surface area (Å²) in [6, 6.07) is 14.6. The third-order valence-corrected chi connectivity index (χ3v) is 4.25. The summed E-state index contributed by atoms with van der Waals surface area (Å²) in [6.45, 7) is 1.87. The number of aliphatic hydroxyl groups excluding tert-OH is 1. The van der Waals surface area contributed by atoms with E-state index in [0.717, 1.165) is 18.4 Å². The Morgan fingerprint density at radius 3 is 2.56 bits per heavy atom. The van der Waals surface area contributed by atoms with Crippen LogP contribution in [-0.2, 0) is 4.79 Å². The summed E-state index contributed by atoms with van der Waals surface area (Å²) in [5, 5.41) is 15.9. The molecule has 25 heavy (non-hydrogen) atoms. The van der Waals surface area contributed by atoms with Gasteiger partial charge in [0.2, 0.25) is 5.91 Å². The Kier molecular flexibility index (Phi) is 5.14. The van der Waals surface area contributed by atoms with Crippen LogP contribution in [0, 0.1) is 6.92 Å². The summed E-state index contributed by atoms with van der Waals surface area (Å²) in [5.74, 6) is -0.415. The standard InChI is InChI=1S/C20H22N2O3/c1-13-7-8-15(20(25)21-16-9-10-16)11-17(13)22-19(24)12-18(23)14-5-3-2-4-6-14/h2-8,11,16,18,23H,9-10,12H2,1H3,(H,21,25)(H,22,24). The maximum Gasteiger partial charge on any atom is 0.251 e. The van der Waals surface area contributed by atoms with Crippen molar-refractivity contribution in [3.63, 3.8) is 0 Å². The number of carbonyl (C=O) groups is 2. The smallest absolute Gasteiger partial charge is 0.251 e. The van der Waals surface area contributed by atoms with E-state index in [1.54, 1.807) is 24.3 Å². The van der Waals surface area contributed by atoms with Gasteiger partial charge in [0.1, 0.15) is 0 Å². The number of aryl methyl sites for hydroxylation is 1. The second-order valence-corrected chi connectivity index (χ2v) is 6.46. The number of benzene rings is 2. The molecule has 0 radical (unpaired) electrons. The molecule has 0 aliphatic heterocycles. The van der Waals surface area contributed by atoms with Gasteiger partial charge in [-0.05, 0) is 43.0 Å². The van der Waals surface area contributed by atoms with Gasteiger partial charge in [-0.3, -0.25) is 9.59 Å². The summed E-state index contributed by atoms with van der Waals surface area (Å²) in [5.41, 5.74) is 2.68. The maximum atomic E-state index is 12.2. The molecule has 3 N–H and O–H groups in total. The zero-order valence-electron chi connectivity index (χ0n) is 14.2. The molecule has 2 aromatic carbocycles. The van der Waals surface area contributed by atoms with Gasteiger partial charge in [0.15, 0.2) is 0 Å². The fourth-order valence-corrected chi connectivity index (χ4v) is 2.56. The quantitative estimate of drug-likeness (QED) is 0.758. The van der Waals surface area contributed by atoms with E-state index < -0.39 is 6.10 Å². The summed E-state index contributed by atoms with van der Waals surface area (Å²) in [7, 11) is 0. The lowest BCUT2D eigenvalue weighted by atomic mass is 10.1. The number of hydrogen-bond acceptors (Lipinski definition) is 3. The number of anilines is 1. The van der Waals surface area contributed by atoms with E-state index in [2.05, 4.69) is 10.6 Å². The predicted molar refractivity (Wildman–Crippen MR) is 96.3 cm³/mol. The first-order chi connectivity index (χ1) is 12.0. The van der Waals surface area contributed by atoms with Gasteiger partial charge >= 0.3 is 0 Å². The van der Waals surface area contributed by atoms with Crippen LogP contribution in [0.2, 0.25) is 0 Å². The average molecular weight is 338 g/mol. The van der Waals surface area contributed by atoms with E-state index in [1.807, 2.05) is 31.2 Å². The number of nitrogens with one attached hydrogen (secondary N) is 2. The van der Waals surface area contributed by atoms with Crippen molar-refractivity contribution >= 4 is 17.5 Å². The fraction of sp³-hybridized carbons (Fsp3) is 0.300. The summed E-state index contributed by atoms with van der Waals surface area (Å²) >= 11 is 0. The van der Waals surface area contributed by atoms with Crippen LogP contribution in [0.3, 0.4) is 0 Å². The monoisotopic (exact) mass is 338 g/mol. The van der Waals surface area contributed by atoms with Crippen LogP contribution in [0.25, 0.3) is 0 Å². The number of aliphatic hydroxyl groups is 1. The summed E-state index contributed by atoms with van der Waals surface area (Å²) in [4.78, 5) is 24.4. The maximum absolute atomic E-state index is 12.2. The first kappa shape index (κ1) is 17.2. The Labute approximate surface area is 147 Å². The largest absolute Gasteiger partial charge is 0.388 e. The van der Waals surface area contributed by atoms with Crippen LogP contribution in [-0.4, -0.2) is 23.0 Å². The second kappa shape index (κ2) is 7.49. The van der Waals surface area contributed by atoms with E-state index in [0.29, 0.717) is 16.8 Å². The molecule has 0 heterocycles. The third-order valence-electron chi connectivity index (χ3n) is 4.25. The van der Waals surface area contributed by atoms with E-state index in [4.69, 9.17) is 0 Å². The van der Waals surface area contributed by atoms with Crippen molar-refractivity contribution in [3.05, 3.63) is 65.2 Å². The van der Waals surface area contributed by atoms with Gasteiger partial charge in [0.25, 0.3) is 5.91 Å². The molecule has 1 fully saturated rings. The fourth-order valence-electron chi connectivity index (χ4n) is 2.56. The summed E-state index contributed by atoms with van der Waals surface area (Å²) < 4.78 is 0. The van der Waals surface area contributed by atoms with Gasteiger partial charge < -0.3 is 15.7 Å². The highest BCUT2D eigenvalue weighted by atomic mass is 16.3. The van der Waals surface area contributed by atoms with E-state index in [9.17, 15) is 14.7 Å². The minimum Gasteiger partial charge on any atom is -0.388 e. The van der Waals surface area contributed by atoms with Crippen LogP contribution in [0.15, 0.2) is 48.5 Å². The van der Waals surface area contributed by atoms with Crippen molar-refractivity contribution in [3.8, 4) is 0 Å². The normalized spacial score (nSPS) is 14.6. The molecule has 5 nitrogen and oxygen atoms in total. The van der Waals surface area contributed by atoms with Gasteiger partial charge in [-0.1, -0.05) is 36.4 Å². The molecule has 1 atom stereocenters. The van der Waals surface area contributed by atoms with Crippen molar-refractivity contribution < 1.29 is 14.7 Å². The van der Waals surface area contributed by atoms with Gasteiger partial charge in [-0.15, -0.1) is 0 Å². The second-order valence-electron chi connectivity index (χ2n) is 6.46. The van der Waals surface area contributed by atoms with Crippen molar-refractivity contribution in [1.82, 2.24) is 5.32 Å². The lowest BCUT2D eigenvalue weighted by Gasteiger charge is -2.13. The van der Waals surface area contributed by atoms with Crippen molar-refractivity contribution in [1.29, 1.82) is 0 Å². The van der Waals surface area contributed by atoms with Gasteiger partial charge in [0.05, 0.1) is 12.5 Å². The molecule has 0 bridgehead atoms. The molecule has 0 aromatic heterocycles. The first-order valence-corrected chi connectivity index (χ1v) is 8.47. The van der Waals surface area contributed by atoms with Crippen LogP contribution >= 0.6 is 0 Å². The number of amides is 2. The Balaban J connectivity index is 1.64. The zero-order chi connectivity index (χ0) is 17.8. The van der Waals surface area contributed by atoms with Gasteiger partial charge in [-0.2, -0.15) is 0 Å². The van der Waals surface area contributed by atoms with Crippen LogP contribution in [0.5, 0.6) is 0 Å². The number of hydrogen-bond donors (Lipinski definition) is 3. The van der Waals surface area contributed by atoms with Gasteiger partial charge in [-0.25, -0.2) is 0 Å². The van der Waals surface area contributed by atoms with Crippen LogP contribution in [0.4, 0.5) is 5.69 Å². The highest BCUT2D eigenvalue weighted by Gasteiger charge is 2.24. The van der Waals surface area contributed by atoms with Crippen molar-refractivity contribution in [2.75, 3.05) is 5.32 Å². The lowest BCUT2D eigenvalue weighted by molar-refractivity contribution is -0.118. The molecular formula is C20H22N2O3. The van der Waals surface area contributed by atoms with Crippen LogP contribution < -0.4 is 10.6 Å². The molecule has 2 amide bonds. The topological polar surface area (TPSA) is 78.4 Å². The minimum atomic E-state index is -0.858. The number of carbonyl (C=O) groups excluding carboxylic acids is 2. The molecular weight excluding hydrogens is 316 g/mol. The summed E-state index contributed by atoms with van der Waals surface area (Å²) in [6.07, 6.45) is 1.15. The Hall–Kier alpha value is -2.66. The zero-order valence-corrected chi connectivity index (χ0v) is 14.2. The molecule has 130 valence electrons. The Bertz CT molecular complexity index is 770. The van der Waals surface area contributed by atoms with Crippen LogP contribution in [0.1, 0.15) is 46.9 Å². The highest BCUT2D eigenvalue weighted by Crippen LogP contribution is 2.22. The Morgan fingerprint density at radius 2 is 1.88 bits per heavy atom. The molecule has 1 saturated carbocycles. The van der Waals surface area contributed by atoms with Gasteiger partial charge in [0, 0.05) is 17.3 Å². The van der Waals surface area contributed by atoms with Crippen molar-refractivity contribution in [2.24, 2.45) is 0 Å². The molecule has 0 spiro atoms. The molecule has 1 aliphatic carbocycles. The Morgan fingerprint density at radius 1 is 1.16 bits per heavy atom. The average Bonchev–Trinajstić information content (AvgIpc) is 3.41. The minimum absolute atomic E-state index is 0.0397. The van der Waals surface area contributed by atoms with E-state index >= 15 is 0 Å². The molecule has 3 rings (SSSR count). The molecule has 0 saturated heterocycles. The van der Waals surface area contributed by atoms with E-state index in [1.165, 1.54) is 0 Å². The molecule has 1 unspecified atom stereocenters. The number of rotatable bonds is 6. The van der Waals surface area contributed by atoms with Crippen molar-refractivity contribution in [2.45, 2.75) is 38.3 Å². The highest BCUT2D eigenvalue weighted by molar-refractivity contribution is 5.98. The van der Waals surface area contributed by atoms with E-state index in [-0.39, 0.29) is 24.3 Å². The SMILES string of the molecule is Cc1ccc(C(=O)NC2CC2)cc1NC(=O)CC(O)c1ccccc1. The molecule has 2 aromatic rings. The lowest BCUT2D eigenvalue weighted by Crippen LogP contribution is -2.25. The predicted octanol–water partition coefficient (Wildman–Crippen LogP) is 2.95. The molecule has 1 aliphatic rings. The first-order valence-electron chi connectivity index (χ1n) is 8.47.